The molecule has 0 saturated carbocycles. The lowest BCUT2D eigenvalue weighted by molar-refractivity contribution is -0.122. The number of hydrogen-bond acceptors (Lipinski definition) is 5. The maximum atomic E-state index is 12.8. The Morgan fingerprint density at radius 3 is 2.67 bits per heavy atom. The number of benzene rings is 1. The number of hydrogen-bond donors (Lipinski definition) is 2. The molecule has 1 aliphatic rings. The van der Waals surface area contributed by atoms with E-state index in [1.54, 1.807) is 0 Å². The van der Waals surface area contributed by atoms with Crippen LogP contribution in [0.5, 0.6) is 5.75 Å². The number of ether oxygens (including phenoxy) is 1. The molecule has 0 spiro atoms. The highest BCUT2D eigenvalue weighted by molar-refractivity contribution is 7.89. The molecule has 0 unspecified atom stereocenters. The monoisotopic (exact) mass is 355 g/mol. The third-order valence-corrected chi connectivity index (χ3v) is 5.77. The van der Waals surface area contributed by atoms with Crippen molar-refractivity contribution in [2.24, 2.45) is 11.7 Å². The number of carbonyl (C=O) groups is 2. The van der Waals surface area contributed by atoms with Gasteiger partial charge < -0.3 is 15.8 Å². The zero-order chi connectivity index (χ0) is 17.9. The van der Waals surface area contributed by atoms with Crippen LogP contribution in [-0.4, -0.2) is 44.7 Å². The predicted molar refractivity (Wildman–Crippen MR) is 88.0 cm³/mol. The summed E-state index contributed by atoms with van der Waals surface area (Å²) in [7, 11) is -2.38. The van der Waals surface area contributed by atoms with Crippen LogP contribution in [0, 0.1) is 5.92 Å². The number of amides is 2. The van der Waals surface area contributed by atoms with E-state index >= 15 is 0 Å². The Labute approximate surface area is 141 Å². The molecule has 0 bridgehead atoms. The summed E-state index contributed by atoms with van der Waals surface area (Å²) in [5.74, 6) is -1.01. The molecule has 2 rings (SSSR count). The zero-order valence-corrected chi connectivity index (χ0v) is 14.4. The second-order valence-electron chi connectivity index (χ2n) is 5.65. The number of nitrogens with one attached hydrogen (secondary N) is 1. The summed E-state index contributed by atoms with van der Waals surface area (Å²) in [6, 6.07) is 4.23. The van der Waals surface area contributed by atoms with Crippen molar-refractivity contribution in [3.05, 3.63) is 18.2 Å². The largest absolute Gasteiger partial charge is 0.495 e. The Kier molecular flexibility index (Phi) is 5.45. The minimum absolute atomic E-state index is 0.0403. The molecule has 8 nitrogen and oxygen atoms in total. The summed E-state index contributed by atoms with van der Waals surface area (Å²) in [5.41, 5.74) is 5.69. The second kappa shape index (κ2) is 7.18. The number of carbonyl (C=O) groups excluding carboxylic acids is 2. The Morgan fingerprint density at radius 2 is 2.08 bits per heavy atom. The molecule has 2 amide bonds. The number of nitrogens with zero attached hydrogens (tertiary/aromatic N) is 1. The van der Waals surface area contributed by atoms with Gasteiger partial charge in [-0.3, -0.25) is 9.59 Å². The first-order valence-corrected chi connectivity index (χ1v) is 8.95. The van der Waals surface area contributed by atoms with E-state index in [0.29, 0.717) is 25.1 Å². The van der Waals surface area contributed by atoms with Crippen molar-refractivity contribution in [2.75, 3.05) is 25.5 Å². The van der Waals surface area contributed by atoms with Gasteiger partial charge in [-0.1, -0.05) is 0 Å². The van der Waals surface area contributed by atoms with Crippen LogP contribution in [0.1, 0.15) is 19.8 Å². The SMILES string of the molecule is COc1cc(S(=O)(=O)N2CCC[C@@H](C(N)=O)C2)ccc1NC(C)=O. The first-order chi connectivity index (χ1) is 11.3. The molecule has 3 N–H and O–H groups in total. The highest BCUT2D eigenvalue weighted by Gasteiger charge is 2.32. The van der Waals surface area contributed by atoms with E-state index < -0.39 is 21.8 Å². The fourth-order valence-corrected chi connectivity index (χ4v) is 4.21. The van der Waals surface area contributed by atoms with Crippen LogP contribution in [0.25, 0.3) is 0 Å². The molecule has 1 heterocycles. The van der Waals surface area contributed by atoms with Gasteiger partial charge >= 0.3 is 0 Å². The Balaban J connectivity index is 2.32. The summed E-state index contributed by atoms with van der Waals surface area (Å²) < 4.78 is 32.0. The van der Waals surface area contributed by atoms with Gasteiger partial charge in [0.2, 0.25) is 21.8 Å². The highest BCUT2D eigenvalue weighted by atomic mass is 32.2. The minimum Gasteiger partial charge on any atom is -0.495 e. The van der Waals surface area contributed by atoms with Gasteiger partial charge in [-0.15, -0.1) is 0 Å². The molecule has 1 fully saturated rings. The summed E-state index contributed by atoms with van der Waals surface area (Å²) in [5, 5.41) is 2.57. The molecule has 0 aliphatic carbocycles. The molecule has 1 aliphatic heterocycles. The fourth-order valence-electron chi connectivity index (χ4n) is 2.67. The standard InChI is InChI=1S/C15H21N3O5S/c1-10(19)17-13-6-5-12(8-14(13)23-2)24(21,22)18-7-3-4-11(9-18)15(16)20/h5-6,8,11H,3-4,7,9H2,1-2H3,(H2,16,20)(H,17,19)/t11-/m1/s1. The van der Waals surface area contributed by atoms with Crippen molar-refractivity contribution in [3.8, 4) is 5.75 Å². The summed E-state index contributed by atoms with van der Waals surface area (Å²) in [4.78, 5) is 22.6. The molecule has 0 aromatic heterocycles. The third-order valence-electron chi connectivity index (χ3n) is 3.91. The maximum Gasteiger partial charge on any atom is 0.243 e. The highest BCUT2D eigenvalue weighted by Crippen LogP contribution is 2.30. The van der Waals surface area contributed by atoms with Gasteiger partial charge in [-0.25, -0.2) is 8.42 Å². The topological polar surface area (TPSA) is 119 Å². The smallest absolute Gasteiger partial charge is 0.243 e. The van der Waals surface area contributed by atoms with Gasteiger partial charge in [0.1, 0.15) is 5.75 Å². The summed E-state index contributed by atoms with van der Waals surface area (Å²) in [6.45, 7) is 1.76. The van der Waals surface area contributed by atoms with Crippen LogP contribution < -0.4 is 15.8 Å². The molecular formula is C15H21N3O5S. The Morgan fingerprint density at radius 1 is 1.38 bits per heavy atom. The quantitative estimate of drug-likeness (QED) is 0.799. The van der Waals surface area contributed by atoms with Crippen LogP contribution in [0.15, 0.2) is 23.1 Å². The van der Waals surface area contributed by atoms with E-state index in [9.17, 15) is 18.0 Å². The number of anilines is 1. The van der Waals surface area contributed by atoms with Gasteiger partial charge in [0.25, 0.3) is 0 Å². The molecule has 1 atom stereocenters. The average molecular weight is 355 g/mol. The van der Waals surface area contributed by atoms with E-state index in [-0.39, 0.29) is 23.1 Å². The van der Waals surface area contributed by atoms with Crippen LogP contribution in [0.4, 0.5) is 5.69 Å². The maximum absolute atomic E-state index is 12.8. The minimum atomic E-state index is -3.77. The van der Waals surface area contributed by atoms with Crippen molar-refractivity contribution < 1.29 is 22.7 Å². The van der Waals surface area contributed by atoms with Gasteiger partial charge in [0.15, 0.2) is 0 Å². The molecule has 1 aromatic carbocycles. The van der Waals surface area contributed by atoms with Crippen LogP contribution in [0.2, 0.25) is 0 Å². The average Bonchev–Trinajstić information content (AvgIpc) is 2.54. The van der Waals surface area contributed by atoms with E-state index in [0.717, 1.165) is 0 Å². The number of nitrogens with two attached hydrogens (primary N) is 1. The summed E-state index contributed by atoms with van der Waals surface area (Å²) in [6.07, 6.45) is 1.17. The van der Waals surface area contributed by atoms with E-state index in [2.05, 4.69) is 5.32 Å². The molecule has 132 valence electrons. The van der Waals surface area contributed by atoms with Crippen molar-refractivity contribution in [1.29, 1.82) is 0 Å². The first-order valence-electron chi connectivity index (χ1n) is 7.50. The van der Waals surface area contributed by atoms with Gasteiger partial charge in [-0.05, 0) is 25.0 Å². The van der Waals surface area contributed by atoms with Gasteiger partial charge in [0.05, 0.1) is 23.6 Å². The number of piperidine rings is 1. The number of sulfonamides is 1. The number of primary amides is 1. The van der Waals surface area contributed by atoms with Crippen molar-refractivity contribution in [1.82, 2.24) is 4.31 Å². The van der Waals surface area contributed by atoms with Gasteiger partial charge in [0, 0.05) is 26.1 Å². The normalized spacial score (nSPS) is 18.8. The Bertz CT molecular complexity index is 747. The molecule has 1 saturated heterocycles. The Hall–Kier alpha value is -2.13. The molecule has 1 aromatic rings. The van der Waals surface area contributed by atoms with Gasteiger partial charge in [-0.2, -0.15) is 4.31 Å². The van der Waals surface area contributed by atoms with Crippen molar-refractivity contribution in [2.45, 2.75) is 24.7 Å². The summed E-state index contributed by atoms with van der Waals surface area (Å²) >= 11 is 0. The lowest BCUT2D eigenvalue weighted by Gasteiger charge is -2.30. The molecule has 9 heteroatoms. The molecule has 24 heavy (non-hydrogen) atoms. The molecular weight excluding hydrogens is 334 g/mol. The predicted octanol–water partition coefficient (Wildman–Crippen LogP) is 0.540. The van der Waals surface area contributed by atoms with Crippen molar-refractivity contribution >= 4 is 27.5 Å². The van der Waals surface area contributed by atoms with Crippen LogP contribution in [0.3, 0.4) is 0 Å². The first kappa shape index (κ1) is 18.2. The van der Waals surface area contributed by atoms with E-state index in [1.165, 1.54) is 36.5 Å². The fraction of sp³-hybridized carbons (Fsp3) is 0.467. The number of rotatable bonds is 5. The van der Waals surface area contributed by atoms with E-state index in [4.69, 9.17) is 10.5 Å². The number of methoxy groups -OCH3 is 1. The molecule has 0 radical (unpaired) electrons. The van der Waals surface area contributed by atoms with Crippen LogP contribution >= 0.6 is 0 Å². The second-order valence-corrected chi connectivity index (χ2v) is 7.59. The van der Waals surface area contributed by atoms with Crippen LogP contribution in [-0.2, 0) is 19.6 Å². The van der Waals surface area contributed by atoms with E-state index in [1.807, 2.05) is 0 Å². The lowest BCUT2D eigenvalue weighted by Crippen LogP contribution is -2.44. The third kappa shape index (κ3) is 3.85. The lowest BCUT2D eigenvalue weighted by atomic mass is 9.99. The zero-order valence-electron chi connectivity index (χ0n) is 13.6. The van der Waals surface area contributed by atoms with Crippen molar-refractivity contribution in [3.63, 3.8) is 0 Å².